The summed E-state index contributed by atoms with van der Waals surface area (Å²) in [5, 5.41) is 1.46. The van der Waals surface area contributed by atoms with Gasteiger partial charge in [0.1, 0.15) is 7.85 Å². The molecule has 0 fully saturated rings. The highest BCUT2D eigenvalue weighted by Crippen LogP contribution is 2.33. The van der Waals surface area contributed by atoms with Gasteiger partial charge in [0, 0.05) is 12.6 Å². The van der Waals surface area contributed by atoms with Crippen LogP contribution in [-0.2, 0) is 0 Å². The van der Waals surface area contributed by atoms with Crippen molar-refractivity contribution in [1.82, 2.24) is 5.01 Å². The van der Waals surface area contributed by atoms with E-state index in [1.165, 1.54) is 5.01 Å². The number of hydrogen-bond donors (Lipinski definition) is 1. The van der Waals surface area contributed by atoms with Crippen molar-refractivity contribution in [3.05, 3.63) is 23.8 Å². The number of hydrogen-bond acceptors (Lipinski definition) is 2. The van der Waals surface area contributed by atoms with Gasteiger partial charge in [-0.25, -0.2) is 4.39 Å². The van der Waals surface area contributed by atoms with Crippen molar-refractivity contribution in [2.75, 3.05) is 12.5 Å². The molecule has 0 amide bonds. The molecule has 1 aliphatic heterocycles. The van der Waals surface area contributed by atoms with Gasteiger partial charge in [-0.2, -0.15) is 5.01 Å². The first-order valence-corrected chi connectivity index (χ1v) is 3.92. The average molecular weight is 164 g/mol. The Labute approximate surface area is 71.8 Å². The molecule has 12 heavy (non-hydrogen) atoms. The minimum absolute atomic E-state index is 0.734. The van der Waals surface area contributed by atoms with Gasteiger partial charge in [-0.3, -0.25) is 0 Å². The molecule has 62 valence electrons. The predicted molar refractivity (Wildman–Crippen MR) is 49.9 cm³/mol. The Morgan fingerprint density at radius 3 is 3.08 bits per heavy atom. The largest absolute Gasteiger partial charge is 0.316 e. The summed E-state index contributed by atoms with van der Waals surface area (Å²) in [5.41, 5.74) is 5.63. The Morgan fingerprint density at radius 1 is 1.58 bits per heavy atom. The van der Waals surface area contributed by atoms with Gasteiger partial charge in [0.25, 0.3) is 0 Å². The fraction of sp³-hybridized carbons (Fsp3) is 0.250. The Bertz CT molecular complexity index is 316. The van der Waals surface area contributed by atoms with Crippen molar-refractivity contribution < 1.29 is 4.39 Å². The monoisotopic (exact) mass is 164 g/mol. The molecule has 2 nitrogen and oxygen atoms in total. The summed E-state index contributed by atoms with van der Waals surface area (Å²) in [7, 11) is 3.66. The van der Waals surface area contributed by atoms with Crippen LogP contribution in [-0.4, -0.2) is 19.9 Å². The van der Waals surface area contributed by atoms with Crippen LogP contribution in [0.25, 0.3) is 0 Å². The molecule has 1 aromatic carbocycles. The maximum Gasteiger partial charge on any atom is 0.197 e. The molecule has 1 aliphatic rings. The van der Waals surface area contributed by atoms with E-state index in [0.29, 0.717) is 0 Å². The maximum absolute atomic E-state index is 13.4. The van der Waals surface area contributed by atoms with E-state index in [1.807, 2.05) is 26.0 Å². The number of hydrazine groups is 1. The molecule has 1 unspecified atom stereocenters. The van der Waals surface area contributed by atoms with E-state index >= 15 is 0 Å². The number of fused-ring (bicyclic) bond motifs is 1. The number of rotatable bonds is 0. The number of nitrogens with one attached hydrogen (secondary N) is 1. The molecule has 0 bridgehead atoms. The second-order valence-electron chi connectivity index (χ2n) is 3.15. The lowest BCUT2D eigenvalue weighted by atomic mass is 9.94. The number of nitrogens with zero attached hydrogens (tertiary/aromatic N) is 1. The average Bonchev–Trinajstić information content (AvgIpc) is 2.31. The van der Waals surface area contributed by atoms with Crippen molar-refractivity contribution in [2.45, 2.75) is 6.30 Å². The molecule has 0 aromatic heterocycles. The first kappa shape index (κ1) is 7.62. The summed E-state index contributed by atoms with van der Waals surface area (Å²) in [6.45, 7) is 0. The summed E-state index contributed by atoms with van der Waals surface area (Å²) >= 11 is 0. The van der Waals surface area contributed by atoms with Crippen LogP contribution >= 0.6 is 0 Å². The molecule has 1 aromatic rings. The maximum atomic E-state index is 13.4. The van der Waals surface area contributed by atoms with Gasteiger partial charge in [-0.05, 0) is 6.07 Å². The third-order valence-corrected chi connectivity index (χ3v) is 2.10. The highest BCUT2D eigenvalue weighted by atomic mass is 19.1. The summed E-state index contributed by atoms with van der Waals surface area (Å²) in [4.78, 5) is 0. The van der Waals surface area contributed by atoms with E-state index in [1.54, 1.807) is 7.05 Å². The van der Waals surface area contributed by atoms with E-state index in [2.05, 4.69) is 5.43 Å². The number of halogens is 1. The van der Waals surface area contributed by atoms with Crippen molar-refractivity contribution in [3.8, 4) is 0 Å². The van der Waals surface area contributed by atoms with Crippen LogP contribution in [0.5, 0.6) is 0 Å². The molecule has 0 aliphatic carbocycles. The highest BCUT2D eigenvalue weighted by Gasteiger charge is 2.26. The standard InChI is InChI=1S/C8H10BFN2/c1-12-8(10)6-4-5(9)2-3-7(6)11-12/h2-4,8,11H,9H2,1H3. The third-order valence-electron chi connectivity index (χ3n) is 2.10. The van der Waals surface area contributed by atoms with Crippen molar-refractivity contribution in [1.29, 1.82) is 0 Å². The molecule has 1 N–H and O–H groups in total. The van der Waals surface area contributed by atoms with Crippen LogP contribution in [0.15, 0.2) is 18.2 Å². The lowest BCUT2D eigenvalue weighted by molar-refractivity contribution is 0.156. The molecule has 0 saturated heterocycles. The van der Waals surface area contributed by atoms with Crippen LogP contribution in [0.3, 0.4) is 0 Å². The van der Waals surface area contributed by atoms with Crippen LogP contribution < -0.4 is 10.9 Å². The lowest BCUT2D eigenvalue weighted by Gasteiger charge is -2.10. The van der Waals surface area contributed by atoms with Gasteiger partial charge >= 0.3 is 0 Å². The van der Waals surface area contributed by atoms with E-state index in [-0.39, 0.29) is 0 Å². The Morgan fingerprint density at radius 2 is 2.33 bits per heavy atom. The predicted octanol–water partition coefficient (Wildman–Crippen LogP) is 0.185. The van der Waals surface area contributed by atoms with Gasteiger partial charge in [0.2, 0.25) is 0 Å². The van der Waals surface area contributed by atoms with Gasteiger partial charge in [-0.1, -0.05) is 17.6 Å². The minimum atomic E-state index is -1.01. The van der Waals surface area contributed by atoms with Gasteiger partial charge < -0.3 is 5.43 Å². The first-order chi connectivity index (χ1) is 5.68. The first-order valence-electron chi connectivity index (χ1n) is 3.92. The molecular formula is C8H10BFN2. The van der Waals surface area contributed by atoms with E-state index in [4.69, 9.17) is 0 Å². The zero-order valence-corrected chi connectivity index (χ0v) is 7.13. The molecule has 0 saturated carbocycles. The quantitative estimate of drug-likeness (QED) is 0.434. The molecule has 4 heteroatoms. The lowest BCUT2D eigenvalue weighted by Crippen LogP contribution is -2.19. The Hall–Kier alpha value is -1.03. The van der Waals surface area contributed by atoms with Crippen LogP contribution in [0.2, 0.25) is 0 Å². The zero-order chi connectivity index (χ0) is 8.72. The summed E-state index contributed by atoms with van der Waals surface area (Å²) < 4.78 is 13.4. The number of anilines is 1. The van der Waals surface area contributed by atoms with Crippen LogP contribution in [0, 0.1) is 0 Å². The molecule has 2 rings (SSSR count). The third kappa shape index (κ3) is 0.993. The van der Waals surface area contributed by atoms with Crippen molar-refractivity contribution >= 4 is 19.0 Å². The molecule has 1 heterocycles. The summed E-state index contributed by atoms with van der Waals surface area (Å²) in [6.07, 6.45) is -1.01. The SMILES string of the molecule is Bc1ccc2c(c1)C(F)N(C)N2. The van der Waals surface area contributed by atoms with Crippen molar-refractivity contribution in [3.63, 3.8) is 0 Å². The molecule has 1 atom stereocenters. The van der Waals surface area contributed by atoms with Crippen molar-refractivity contribution in [2.24, 2.45) is 0 Å². The molecule has 0 radical (unpaired) electrons. The van der Waals surface area contributed by atoms with Gasteiger partial charge in [-0.15, -0.1) is 0 Å². The Kier molecular flexibility index (Phi) is 1.58. The highest BCUT2D eigenvalue weighted by molar-refractivity contribution is 6.32. The van der Waals surface area contributed by atoms with Crippen LogP contribution in [0.1, 0.15) is 11.9 Å². The zero-order valence-electron chi connectivity index (χ0n) is 7.13. The van der Waals surface area contributed by atoms with Gasteiger partial charge in [0.15, 0.2) is 6.30 Å². The molecular weight excluding hydrogens is 154 g/mol. The summed E-state index contributed by atoms with van der Waals surface area (Å²) in [6, 6.07) is 5.74. The van der Waals surface area contributed by atoms with E-state index in [0.717, 1.165) is 16.7 Å². The smallest absolute Gasteiger partial charge is 0.197 e. The number of alkyl halides is 1. The van der Waals surface area contributed by atoms with Crippen LogP contribution in [0.4, 0.5) is 10.1 Å². The topological polar surface area (TPSA) is 15.3 Å². The van der Waals surface area contributed by atoms with Gasteiger partial charge in [0.05, 0.1) is 5.69 Å². The summed E-state index contributed by atoms with van der Waals surface area (Å²) in [5.74, 6) is 0. The second kappa shape index (κ2) is 2.49. The normalized spacial score (nSPS) is 22.0. The molecule has 0 spiro atoms. The fourth-order valence-electron chi connectivity index (χ4n) is 1.44. The number of benzene rings is 1. The second-order valence-corrected chi connectivity index (χ2v) is 3.15. The van der Waals surface area contributed by atoms with E-state index in [9.17, 15) is 4.39 Å². The van der Waals surface area contributed by atoms with E-state index < -0.39 is 6.30 Å². The minimum Gasteiger partial charge on any atom is -0.316 e. The Balaban J connectivity index is 2.48. The fourth-order valence-corrected chi connectivity index (χ4v) is 1.44.